The number of methoxy groups -OCH3 is 1. The van der Waals surface area contributed by atoms with Gasteiger partial charge >= 0.3 is 0 Å². The number of carbonyl (C=O) groups excluding carboxylic acids is 2. The van der Waals surface area contributed by atoms with Crippen LogP contribution in [0.3, 0.4) is 0 Å². The molecule has 0 saturated carbocycles. The topological polar surface area (TPSA) is 85.3 Å². The fourth-order valence-corrected chi connectivity index (χ4v) is 5.97. The van der Waals surface area contributed by atoms with E-state index in [-0.39, 0.29) is 35.2 Å². The van der Waals surface area contributed by atoms with Gasteiger partial charge in [-0.15, -0.1) is 0 Å². The summed E-state index contributed by atoms with van der Waals surface area (Å²) in [6, 6.07) is -0.145. The van der Waals surface area contributed by atoms with E-state index in [4.69, 9.17) is 14.2 Å². The van der Waals surface area contributed by atoms with Crippen molar-refractivity contribution in [2.45, 2.75) is 82.6 Å². The van der Waals surface area contributed by atoms with Gasteiger partial charge in [0.1, 0.15) is 5.78 Å². The number of ketones is 1. The lowest BCUT2D eigenvalue weighted by atomic mass is 10.0. The number of ether oxygens (including phenoxy) is 3. The lowest BCUT2D eigenvalue weighted by Crippen LogP contribution is -2.37. The Morgan fingerprint density at radius 3 is 2.50 bits per heavy atom. The Kier molecular flexibility index (Phi) is 15.9. The molecule has 2 atom stereocenters. The zero-order chi connectivity index (χ0) is 23.8. The van der Waals surface area contributed by atoms with Crippen LogP contribution in [0.5, 0.6) is 0 Å². The van der Waals surface area contributed by atoms with Crippen molar-refractivity contribution in [2.24, 2.45) is 0 Å². The first-order valence-electron chi connectivity index (χ1n) is 11.7. The average Bonchev–Trinajstić information content (AvgIpc) is 3.21. The minimum absolute atomic E-state index is 0.00462. The Bertz CT molecular complexity index is 535. The van der Waals surface area contributed by atoms with E-state index in [1.807, 2.05) is 17.7 Å². The van der Waals surface area contributed by atoms with Gasteiger partial charge in [-0.25, -0.2) is 0 Å². The second-order valence-electron chi connectivity index (χ2n) is 8.70. The van der Waals surface area contributed by atoms with Gasteiger partial charge in [0.25, 0.3) is 0 Å². The molecule has 7 nitrogen and oxygen atoms in total. The quantitative estimate of drug-likeness (QED) is 0.215. The third-order valence-corrected chi connectivity index (χ3v) is 8.83. The summed E-state index contributed by atoms with van der Waals surface area (Å²) in [5.41, 5.74) is 0. The van der Waals surface area contributed by atoms with Crippen LogP contribution in [-0.4, -0.2) is 91.0 Å². The van der Waals surface area contributed by atoms with Crippen molar-refractivity contribution in [3.05, 3.63) is 0 Å². The van der Waals surface area contributed by atoms with Crippen LogP contribution in [-0.2, 0) is 23.8 Å². The third-order valence-electron chi connectivity index (χ3n) is 5.51. The molecule has 1 heterocycles. The van der Waals surface area contributed by atoms with Gasteiger partial charge in [0.15, 0.2) is 0 Å². The van der Waals surface area contributed by atoms with Gasteiger partial charge in [0.05, 0.1) is 38.6 Å². The maximum Gasteiger partial charge on any atom is 0.222 e. The lowest BCUT2D eigenvalue weighted by Gasteiger charge is -2.23. The van der Waals surface area contributed by atoms with Crippen molar-refractivity contribution in [2.75, 3.05) is 52.4 Å². The minimum atomic E-state index is -0.145. The van der Waals surface area contributed by atoms with Crippen molar-refractivity contribution in [1.29, 1.82) is 0 Å². The van der Waals surface area contributed by atoms with E-state index >= 15 is 0 Å². The number of hydrogen-bond acceptors (Lipinski definition) is 8. The Balaban J connectivity index is 2.10. The lowest BCUT2D eigenvalue weighted by molar-refractivity contribution is -0.133. The minimum Gasteiger partial charge on any atom is -0.394 e. The van der Waals surface area contributed by atoms with Crippen LogP contribution in [0.1, 0.15) is 65.7 Å². The Morgan fingerprint density at radius 2 is 1.81 bits per heavy atom. The highest BCUT2D eigenvalue weighted by atomic mass is 33.1. The molecule has 1 N–H and O–H groups in total. The van der Waals surface area contributed by atoms with Crippen LogP contribution < -0.4 is 0 Å². The van der Waals surface area contributed by atoms with E-state index in [2.05, 4.69) is 13.8 Å². The van der Waals surface area contributed by atoms with E-state index in [1.165, 1.54) is 0 Å². The highest BCUT2D eigenvalue weighted by molar-refractivity contribution is 8.77. The van der Waals surface area contributed by atoms with E-state index in [0.717, 1.165) is 25.2 Å². The third kappa shape index (κ3) is 12.8. The standard InChI is InChI=1S/C23H43NO6S2/c1-5-29-12-13-30-14-15-31-32-23(2,3)11-10-20(26)8-6-7-9-22(27)24-17-21(28-4)16-19(24)18-25/h19,21,25H,5-18H2,1-4H3/t19-,21+/m1/s1. The molecule has 9 heteroatoms. The van der Waals surface area contributed by atoms with Gasteiger partial charge in [-0.3, -0.25) is 9.59 Å². The van der Waals surface area contributed by atoms with Crippen molar-refractivity contribution in [3.8, 4) is 0 Å². The molecule has 0 radical (unpaired) electrons. The average molecular weight is 494 g/mol. The molecule has 0 aromatic heterocycles. The summed E-state index contributed by atoms with van der Waals surface area (Å²) in [6.07, 6.45) is 4.50. The second-order valence-corrected chi connectivity index (χ2v) is 11.8. The molecule has 0 aliphatic carbocycles. The highest BCUT2D eigenvalue weighted by Gasteiger charge is 2.34. The summed E-state index contributed by atoms with van der Waals surface area (Å²) >= 11 is 0. The summed E-state index contributed by atoms with van der Waals surface area (Å²) < 4.78 is 16.1. The first-order valence-corrected chi connectivity index (χ1v) is 14.1. The molecule has 1 aliphatic rings. The molecule has 0 aromatic carbocycles. The van der Waals surface area contributed by atoms with Crippen LogP contribution in [0.15, 0.2) is 0 Å². The van der Waals surface area contributed by atoms with Gasteiger partial charge in [0.2, 0.25) is 5.91 Å². The fourth-order valence-electron chi connectivity index (χ4n) is 3.53. The zero-order valence-electron chi connectivity index (χ0n) is 20.3. The molecule has 1 amide bonds. The van der Waals surface area contributed by atoms with E-state index in [9.17, 15) is 14.7 Å². The molecule has 188 valence electrons. The molecular formula is C23H43NO6S2. The van der Waals surface area contributed by atoms with Gasteiger partial charge in [0, 0.05) is 50.0 Å². The number of likely N-dealkylation sites (tertiary alicyclic amines) is 1. The van der Waals surface area contributed by atoms with Crippen LogP contribution >= 0.6 is 21.6 Å². The number of carbonyl (C=O) groups is 2. The van der Waals surface area contributed by atoms with E-state index in [1.54, 1.807) is 22.8 Å². The fraction of sp³-hybridized carbons (Fsp3) is 0.913. The van der Waals surface area contributed by atoms with Crippen molar-refractivity contribution < 1.29 is 28.9 Å². The Morgan fingerprint density at radius 1 is 1.09 bits per heavy atom. The number of unbranched alkanes of at least 4 members (excludes halogenated alkanes) is 1. The van der Waals surface area contributed by atoms with Crippen molar-refractivity contribution in [3.63, 3.8) is 0 Å². The Labute approximate surface area is 202 Å². The number of amides is 1. The first kappa shape index (κ1) is 29.7. The monoisotopic (exact) mass is 493 g/mol. The second kappa shape index (κ2) is 17.2. The molecule has 1 rings (SSSR count). The molecule has 1 saturated heterocycles. The zero-order valence-corrected chi connectivity index (χ0v) is 21.9. The molecule has 32 heavy (non-hydrogen) atoms. The smallest absolute Gasteiger partial charge is 0.222 e. The molecule has 0 bridgehead atoms. The molecule has 0 aromatic rings. The number of Topliss-reactive ketones (excluding diaryl/α,β-unsaturated/α-hetero) is 1. The van der Waals surface area contributed by atoms with Crippen LogP contribution in [0.2, 0.25) is 0 Å². The van der Waals surface area contributed by atoms with Gasteiger partial charge in [-0.05, 0) is 46.5 Å². The molecule has 1 fully saturated rings. The predicted molar refractivity (Wildman–Crippen MR) is 132 cm³/mol. The maximum atomic E-state index is 12.4. The molecule has 0 spiro atoms. The SMILES string of the molecule is CCOCCOCCSSC(C)(C)CCC(=O)CCCCC(=O)N1C[C@@H](OC)C[C@@H]1CO. The number of aliphatic hydroxyl groups excluding tert-OH is 1. The summed E-state index contributed by atoms with van der Waals surface area (Å²) in [5, 5.41) is 9.48. The molecular weight excluding hydrogens is 450 g/mol. The Hall–Kier alpha value is -0.320. The summed E-state index contributed by atoms with van der Waals surface area (Å²) in [5.74, 6) is 1.23. The summed E-state index contributed by atoms with van der Waals surface area (Å²) in [7, 11) is 5.23. The number of aliphatic hydroxyl groups is 1. The van der Waals surface area contributed by atoms with Gasteiger partial charge in [-0.1, -0.05) is 21.6 Å². The molecule has 0 unspecified atom stereocenters. The molecule has 1 aliphatic heterocycles. The number of rotatable bonds is 19. The van der Waals surface area contributed by atoms with Gasteiger partial charge in [-0.2, -0.15) is 0 Å². The highest BCUT2D eigenvalue weighted by Crippen LogP contribution is 2.38. The normalized spacial score (nSPS) is 19.0. The van der Waals surface area contributed by atoms with Crippen LogP contribution in [0, 0.1) is 0 Å². The summed E-state index contributed by atoms with van der Waals surface area (Å²) in [4.78, 5) is 26.5. The van der Waals surface area contributed by atoms with Crippen LogP contribution in [0.4, 0.5) is 0 Å². The summed E-state index contributed by atoms with van der Waals surface area (Å²) in [6.45, 7) is 9.55. The van der Waals surface area contributed by atoms with Crippen molar-refractivity contribution in [1.82, 2.24) is 4.90 Å². The maximum absolute atomic E-state index is 12.4. The van der Waals surface area contributed by atoms with Crippen LogP contribution in [0.25, 0.3) is 0 Å². The van der Waals surface area contributed by atoms with E-state index < -0.39 is 0 Å². The van der Waals surface area contributed by atoms with Crippen molar-refractivity contribution >= 4 is 33.3 Å². The number of nitrogens with zero attached hydrogens (tertiary/aromatic N) is 1. The first-order chi connectivity index (χ1) is 15.3. The van der Waals surface area contributed by atoms with E-state index in [0.29, 0.717) is 58.5 Å². The predicted octanol–water partition coefficient (Wildman–Crippen LogP) is 3.72. The largest absolute Gasteiger partial charge is 0.394 e. The van der Waals surface area contributed by atoms with Gasteiger partial charge < -0.3 is 24.2 Å². The number of hydrogen-bond donors (Lipinski definition) is 1.